The Morgan fingerprint density at radius 3 is 2.17 bits per heavy atom. The van der Waals surface area contributed by atoms with E-state index < -0.39 is 11.6 Å². The number of Topliss-reactive ketones (excluding diaryl/α,β-unsaturated/α-hetero) is 2. The molecule has 10 nitrogen and oxygen atoms in total. The Hall–Kier alpha value is -3.53. The lowest BCUT2D eigenvalue weighted by molar-refractivity contribution is -0.122. The molecule has 1 fully saturated rings. The highest BCUT2D eigenvalue weighted by Crippen LogP contribution is 2.25. The number of fused-ring (bicyclic) bond motifs is 1. The molecule has 1 atom stereocenters. The van der Waals surface area contributed by atoms with Gasteiger partial charge in [-0.1, -0.05) is 19.1 Å². The highest BCUT2D eigenvalue weighted by molar-refractivity contribution is 6.15. The second kappa shape index (κ2) is 12.8. The molecule has 216 valence electrons. The molecule has 0 spiro atoms. The minimum absolute atomic E-state index is 0.170. The number of hydrogen-bond donors (Lipinski definition) is 1. The van der Waals surface area contributed by atoms with Crippen molar-refractivity contribution in [3.05, 3.63) is 46.9 Å². The van der Waals surface area contributed by atoms with E-state index >= 15 is 0 Å². The molecular formula is C30H41N5O5. The van der Waals surface area contributed by atoms with E-state index in [4.69, 9.17) is 19.4 Å². The molecule has 4 rings (SSSR count). The molecule has 10 heteroatoms. The third-order valence-electron chi connectivity index (χ3n) is 7.21. The second-order valence-corrected chi connectivity index (χ2v) is 11.3. The van der Waals surface area contributed by atoms with E-state index in [0.717, 1.165) is 48.4 Å². The number of nitrogens with zero attached hydrogens (tertiary/aromatic N) is 4. The molecule has 2 heterocycles. The van der Waals surface area contributed by atoms with E-state index in [2.05, 4.69) is 5.32 Å². The molecule has 0 saturated carbocycles. The molecule has 1 N–H and O–H groups in total. The van der Waals surface area contributed by atoms with E-state index in [1.807, 2.05) is 49.9 Å². The van der Waals surface area contributed by atoms with Crippen LogP contribution in [0.25, 0.3) is 0 Å². The number of methoxy groups -OCH3 is 1. The van der Waals surface area contributed by atoms with E-state index in [1.165, 1.54) is 0 Å². The van der Waals surface area contributed by atoms with Crippen LogP contribution < -0.4 is 10.1 Å². The smallest absolute Gasteiger partial charge is 0.410 e. The van der Waals surface area contributed by atoms with Crippen molar-refractivity contribution in [1.29, 1.82) is 0 Å². The first-order chi connectivity index (χ1) is 19.1. The zero-order chi connectivity index (χ0) is 28.9. The summed E-state index contributed by atoms with van der Waals surface area (Å²) >= 11 is 0. The molecule has 1 amide bonds. The fourth-order valence-corrected chi connectivity index (χ4v) is 5.04. The number of benzene rings is 1. The van der Waals surface area contributed by atoms with Crippen molar-refractivity contribution in [1.82, 2.24) is 19.8 Å². The van der Waals surface area contributed by atoms with Crippen LogP contribution in [0.4, 0.5) is 10.6 Å². The lowest BCUT2D eigenvalue weighted by Crippen LogP contribution is -2.57. The molecule has 1 aromatic carbocycles. The van der Waals surface area contributed by atoms with Crippen molar-refractivity contribution in [2.75, 3.05) is 38.6 Å². The van der Waals surface area contributed by atoms with Gasteiger partial charge in [-0.2, -0.15) is 0 Å². The second-order valence-electron chi connectivity index (χ2n) is 11.3. The Balaban J connectivity index is 1.57. The zero-order valence-corrected chi connectivity index (χ0v) is 24.3. The molecule has 1 aliphatic heterocycles. The number of piperazine rings is 1. The van der Waals surface area contributed by atoms with Gasteiger partial charge < -0.3 is 19.7 Å². The fraction of sp³-hybridized carbons (Fsp3) is 0.567. The SMILES string of the molecule is CCC(=O)C(C(=O)c1nc2c(nc1NCc1ccc(OC)cc1)CCCC2)N1CCN(C(=O)OC(C)(C)C)CC1. The largest absolute Gasteiger partial charge is 0.497 e. The lowest BCUT2D eigenvalue weighted by Gasteiger charge is -2.38. The Morgan fingerprint density at radius 2 is 1.60 bits per heavy atom. The van der Waals surface area contributed by atoms with Crippen LogP contribution >= 0.6 is 0 Å². The van der Waals surface area contributed by atoms with Crippen LogP contribution in [0.3, 0.4) is 0 Å². The first-order valence-electron chi connectivity index (χ1n) is 14.1. The molecule has 1 aromatic heterocycles. The maximum Gasteiger partial charge on any atom is 0.410 e. The monoisotopic (exact) mass is 551 g/mol. The van der Waals surface area contributed by atoms with Gasteiger partial charge in [-0.25, -0.2) is 14.8 Å². The number of ketones is 2. The highest BCUT2D eigenvalue weighted by atomic mass is 16.6. The first-order valence-corrected chi connectivity index (χ1v) is 14.1. The number of amides is 1. The summed E-state index contributed by atoms with van der Waals surface area (Å²) < 4.78 is 10.8. The van der Waals surface area contributed by atoms with Crippen LogP contribution in [0.1, 0.15) is 74.4 Å². The van der Waals surface area contributed by atoms with Crippen LogP contribution in [0.5, 0.6) is 5.75 Å². The number of nitrogens with one attached hydrogen (secondary N) is 1. The highest BCUT2D eigenvalue weighted by Gasteiger charge is 2.38. The van der Waals surface area contributed by atoms with Crippen LogP contribution in [0.2, 0.25) is 0 Å². The molecule has 2 aliphatic rings. The standard InChI is InChI=1S/C30H41N5O5/c1-6-24(36)26(34-15-17-35(18-16-34)29(38)40-30(2,3)4)27(37)25-28(33-23-10-8-7-9-22(23)32-25)31-19-20-11-13-21(39-5)14-12-20/h11-14,26H,6-10,15-19H2,1-5H3,(H,31,33). The Bertz CT molecular complexity index is 1220. The quantitative estimate of drug-likeness (QED) is 0.364. The van der Waals surface area contributed by atoms with Gasteiger partial charge >= 0.3 is 6.09 Å². The molecule has 1 unspecified atom stereocenters. The van der Waals surface area contributed by atoms with Crippen LogP contribution in [-0.2, 0) is 28.9 Å². The summed E-state index contributed by atoms with van der Waals surface area (Å²) in [4.78, 5) is 53.0. The lowest BCUT2D eigenvalue weighted by atomic mass is 9.97. The summed E-state index contributed by atoms with van der Waals surface area (Å²) in [5, 5.41) is 3.32. The minimum Gasteiger partial charge on any atom is -0.497 e. The van der Waals surface area contributed by atoms with Crippen molar-refractivity contribution >= 4 is 23.5 Å². The molecule has 2 aromatic rings. The summed E-state index contributed by atoms with van der Waals surface area (Å²) in [5.41, 5.74) is 2.35. The predicted molar refractivity (Wildman–Crippen MR) is 152 cm³/mol. The predicted octanol–water partition coefficient (Wildman–Crippen LogP) is 4.06. The summed E-state index contributed by atoms with van der Waals surface area (Å²) in [6, 6.07) is 6.69. The number of hydrogen-bond acceptors (Lipinski definition) is 9. The summed E-state index contributed by atoms with van der Waals surface area (Å²) in [6.07, 6.45) is 3.45. The van der Waals surface area contributed by atoms with Gasteiger partial charge in [-0.05, 0) is 64.2 Å². The number of ether oxygens (including phenoxy) is 2. The number of carbonyl (C=O) groups is 3. The van der Waals surface area contributed by atoms with Crippen molar-refractivity contribution in [2.24, 2.45) is 0 Å². The van der Waals surface area contributed by atoms with Gasteiger partial charge in [0.1, 0.15) is 17.4 Å². The third-order valence-corrected chi connectivity index (χ3v) is 7.21. The average molecular weight is 552 g/mol. The van der Waals surface area contributed by atoms with Crippen LogP contribution in [0, 0.1) is 0 Å². The Kier molecular flexibility index (Phi) is 9.40. The minimum atomic E-state index is -0.983. The van der Waals surface area contributed by atoms with Crippen molar-refractivity contribution in [3.63, 3.8) is 0 Å². The molecule has 1 saturated heterocycles. The van der Waals surface area contributed by atoms with Crippen LogP contribution in [0.15, 0.2) is 24.3 Å². The normalized spacial score (nSPS) is 16.6. The van der Waals surface area contributed by atoms with Crippen molar-refractivity contribution < 1.29 is 23.9 Å². The van der Waals surface area contributed by atoms with E-state index in [1.54, 1.807) is 18.9 Å². The average Bonchev–Trinajstić information content (AvgIpc) is 2.95. The van der Waals surface area contributed by atoms with Gasteiger partial charge in [-0.3, -0.25) is 14.5 Å². The van der Waals surface area contributed by atoms with Gasteiger partial charge in [0, 0.05) is 39.1 Å². The van der Waals surface area contributed by atoms with Gasteiger partial charge in [0.2, 0.25) is 5.78 Å². The van der Waals surface area contributed by atoms with Crippen LogP contribution in [-0.4, -0.2) is 82.4 Å². The Morgan fingerprint density at radius 1 is 0.975 bits per heavy atom. The van der Waals surface area contributed by atoms with E-state index in [0.29, 0.717) is 38.5 Å². The Labute approximate surface area is 236 Å². The van der Waals surface area contributed by atoms with Crippen molar-refractivity contribution in [3.8, 4) is 5.75 Å². The number of aryl methyl sites for hydroxylation is 2. The number of rotatable bonds is 9. The molecule has 0 radical (unpaired) electrons. The van der Waals surface area contributed by atoms with Gasteiger partial charge in [0.25, 0.3) is 0 Å². The summed E-state index contributed by atoms with van der Waals surface area (Å²) in [5.74, 6) is 0.649. The number of carbonyl (C=O) groups excluding carboxylic acids is 3. The molecule has 1 aliphatic carbocycles. The van der Waals surface area contributed by atoms with Gasteiger partial charge in [0.05, 0.1) is 18.5 Å². The maximum atomic E-state index is 14.1. The zero-order valence-electron chi connectivity index (χ0n) is 24.3. The van der Waals surface area contributed by atoms with E-state index in [9.17, 15) is 14.4 Å². The summed E-state index contributed by atoms with van der Waals surface area (Å²) in [7, 11) is 1.62. The van der Waals surface area contributed by atoms with Gasteiger partial charge in [-0.15, -0.1) is 0 Å². The van der Waals surface area contributed by atoms with E-state index in [-0.39, 0.29) is 29.8 Å². The summed E-state index contributed by atoms with van der Waals surface area (Å²) in [6.45, 7) is 9.20. The molecule has 40 heavy (non-hydrogen) atoms. The van der Waals surface area contributed by atoms with Gasteiger partial charge in [0.15, 0.2) is 17.3 Å². The fourth-order valence-electron chi connectivity index (χ4n) is 5.04. The number of aromatic nitrogens is 2. The topological polar surface area (TPSA) is 114 Å². The first kappa shape index (κ1) is 29.5. The maximum absolute atomic E-state index is 14.1. The van der Waals surface area contributed by atoms with Crippen molar-refractivity contribution in [2.45, 2.75) is 78.0 Å². The molecular weight excluding hydrogens is 510 g/mol. The third kappa shape index (κ3) is 7.15. The molecule has 0 bridgehead atoms. The number of anilines is 1.